The Labute approximate surface area is 163 Å². The SMILES string of the molecule is CCC(=O)N1[C@@H](CO)[C@@H]2c3ccccc3N(S(=O)(=O)c3ccc(F)cc3)C[C@@H]21. The first kappa shape index (κ1) is 18.9. The van der Waals surface area contributed by atoms with E-state index in [0.29, 0.717) is 5.69 Å². The van der Waals surface area contributed by atoms with Gasteiger partial charge in [-0.1, -0.05) is 25.1 Å². The van der Waals surface area contributed by atoms with Crippen molar-refractivity contribution in [3.05, 3.63) is 59.9 Å². The third-order valence-corrected chi connectivity index (χ3v) is 7.43. The molecular weight excluding hydrogens is 383 g/mol. The van der Waals surface area contributed by atoms with E-state index in [1.807, 2.05) is 12.1 Å². The topological polar surface area (TPSA) is 77.9 Å². The summed E-state index contributed by atoms with van der Waals surface area (Å²) in [5.41, 5.74) is 1.33. The first-order valence-corrected chi connectivity index (χ1v) is 10.6. The quantitative estimate of drug-likeness (QED) is 0.847. The molecule has 2 aliphatic heterocycles. The number of rotatable bonds is 4. The molecule has 0 spiro atoms. The molecule has 8 heteroatoms. The van der Waals surface area contributed by atoms with Crippen molar-refractivity contribution in [2.24, 2.45) is 0 Å². The molecule has 0 saturated carbocycles. The van der Waals surface area contributed by atoms with Crippen LogP contribution in [0.25, 0.3) is 0 Å². The van der Waals surface area contributed by atoms with E-state index in [1.165, 1.54) is 16.4 Å². The lowest BCUT2D eigenvalue weighted by Crippen LogP contribution is -2.70. The Morgan fingerprint density at radius 3 is 2.50 bits per heavy atom. The molecule has 148 valence electrons. The highest BCUT2D eigenvalue weighted by molar-refractivity contribution is 7.92. The summed E-state index contributed by atoms with van der Waals surface area (Å²) in [5.74, 6) is -0.738. The van der Waals surface area contributed by atoms with Crippen LogP contribution >= 0.6 is 0 Å². The molecule has 1 saturated heterocycles. The second-order valence-corrected chi connectivity index (χ2v) is 8.91. The van der Waals surface area contributed by atoms with E-state index in [9.17, 15) is 22.7 Å². The number of aliphatic hydroxyl groups is 1. The van der Waals surface area contributed by atoms with Crippen LogP contribution in [0.3, 0.4) is 0 Å². The highest BCUT2D eigenvalue weighted by atomic mass is 32.2. The fraction of sp³-hybridized carbons (Fsp3) is 0.350. The van der Waals surface area contributed by atoms with Crippen LogP contribution in [-0.2, 0) is 14.8 Å². The van der Waals surface area contributed by atoms with E-state index in [1.54, 1.807) is 24.0 Å². The minimum atomic E-state index is -3.93. The maximum Gasteiger partial charge on any atom is 0.264 e. The Morgan fingerprint density at radius 1 is 1.18 bits per heavy atom. The standard InChI is InChI=1S/C20H21FN2O4S/c1-2-19(25)23-17-11-22(28(26,27)14-9-7-13(21)8-10-14)16-6-4-3-5-15(16)20(17)18(23)12-24/h3-10,17-18,20,24H,2,11-12H2,1H3/t17-,18-,20+/m0/s1. The summed E-state index contributed by atoms with van der Waals surface area (Å²) in [4.78, 5) is 14.0. The molecule has 1 N–H and O–H groups in total. The van der Waals surface area contributed by atoms with E-state index >= 15 is 0 Å². The lowest BCUT2D eigenvalue weighted by molar-refractivity contribution is -0.149. The molecule has 0 radical (unpaired) electrons. The second-order valence-electron chi connectivity index (χ2n) is 7.05. The Morgan fingerprint density at radius 2 is 1.86 bits per heavy atom. The predicted molar refractivity (Wildman–Crippen MR) is 102 cm³/mol. The number of halogens is 1. The minimum Gasteiger partial charge on any atom is -0.394 e. The molecule has 28 heavy (non-hydrogen) atoms. The summed E-state index contributed by atoms with van der Waals surface area (Å²) in [5, 5.41) is 9.83. The lowest BCUT2D eigenvalue weighted by Gasteiger charge is -2.58. The van der Waals surface area contributed by atoms with Gasteiger partial charge in [0.25, 0.3) is 10.0 Å². The summed E-state index contributed by atoms with van der Waals surface area (Å²) in [6, 6.07) is 11.2. The Hall–Kier alpha value is -2.45. The van der Waals surface area contributed by atoms with Crippen molar-refractivity contribution in [2.45, 2.75) is 36.2 Å². The Kier molecular flexibility index (Phi) is 4.63. The highest BCUT2D eigenvalue weighted by Gasteiger charge is 2.55. The number of para-hydroxylation sites is 1. The number of sulfonamides is 1. The van der Waals surface area contributed by atoms with Crippen molar-refractivity contribution in [3.63, 3.8) is 0 Å². The molecule has 2 aromatic rings. The fourth-order valence-electron chi connectivity index (χ4n) is 4.34. The maximum absolute atomic E-state index is 13.3. The smallest absolute Gasteiger partial charge is 0.264 e. The summed E-state index contributed by atoms with van der Waals surface area (Å²) in [6.07, 6.45) is 0.284. The molecule has 1 fully saturated rings. The number of hydrogen-bond acceptors (Lipinski definition) is 4. The van der Waals surface area contributed by atoms with Crippen molar-refractivity contribution < 1.29 is 22.7 Å². The number of hydrogen-bond donors (Lipinski definition) is 1. The van der Waals surface area contributed by atoms with Gasteiger partial charge in [0.1, 0.15) is 5.82 Å². The molecule has 0 aliphatic carbocycles. The third kappa shape index (κ3) is 2.70. The number of carbonyl (C=O) groups excluding carboxylic acids is 1. The van der Waals surface area contributed by atoms with Gasteiger partial charge in [-0.05, 0) is 35.9 Å². The van der Waals surface area contributed by atoms with Crippen LogP contribution in [0, 0.1) is 5.82 Å². The van der Waals surface area contributed by atoms with Crippen LogP contribution in [0.5, 0.6) is 0 Å². The van der Waals surface area contributed by atoms with E-state index in [2.05, 4.69) is 0 Å². The molecule has 2 aromatic carbocycles. The average Bonchev–Trinajstić information content (AvgIpc) is 2.68. The van der Waals surface area contributed by atoms with Crippen molar-refractivity contribution >= 4 is 21.6 Å². The van der Waals surface area contributed by atoms with Crippen LogP contribution in [0.15, 0.2) is 53.4 Å². The largest absolute Gasteiger partial charge is 0.394 e. The monoisotopic (exact) mass is 404 g/mol. The van der Waals surface area contributed by atoms with Gasteiger partial charge in [0, 0.05) is 12.3 Å². The fourth-order valence-corrected chi connectivity index (χ4v) is 5.85. The Balaban J connectivity index is 1.80. The zero-order valence-corrected chi connectivity index (χ0v) is 16.1. The molecular formula is C20H21FN2O4S. The van der Waals surface area contributed by atoms with Crippen molar-refractivity contribution in [1.82, 2.24) is 4.90 Å². The Bertz CT molecular complexity index is 1010. The van der Waals surface area contributed by atoms with Crippen LogP contribution in [0.2, 0.25) is 0 Å². The number of aliphatic hydroxyl groups excluding tert-OH is 1. The summed E-state index contributed by atoms with van der Waals surface area (Å²) in [7, 11) is -3.93. The molecule has 3 atom stereocenters. The molecule has 2 aliphatic rings. The molecule has 0 bridgehead atoms. The van der Waals surface area contributed by atoms with Crippen molar-refractivity contribution in [1.29, 1.82) is 0 Å². The van der Waals surface area contributed by atoms with E-state index in [-0.39, 0.29) is 48.4 Å². The second kappa shape index (κ2) is 6.86. The number of fused-ring (bicyclic) bond motifs is 3. The van der Waals surface area contributed by atoms with Crippen molar-refractivity contribution in [2.75, 3.05) is 17.5 Å². The molecule has 0 aromatic heterocycles. The van der Waals surface area contributed by atoms with Crippen LogP contribution < -0.4 is 4.31 Å². The molecule has 0 unspecified atom stereocenters. The van der Waals surface area contributed by atoms with Crippen LogP contribution in [0.4, 0.5) is 10.1 Å². The average molecular weight is 404 g/mol. The number of anilines is 1. The normalized spacial score (nSPS) is 23.6. The maximum atomic E-state index is 13.3. The third-order valence-electron chi connectivity index (χ3n) is 5.64. The van der Waals surface area contributed by atoms with Gasteiger partial charge in [0.15, 0.2) is 0 Å². The van der Waals surface area contributed by atoms with Crippen molar-refractivity contribution in [3.8, 4) is 0 Å². The number of benzene rings is 2. The zero-order chi connectivity index (χ0) is 20.1. The van der Waals surface area contributed by atoms with E-state index in [4.69, 9.17) is 0 Å². The summed E-state index contributed by atoms with van der Waals surface area (Å²) >= 11 is 0. The first-order valence-electron chi connectivity index (χ1n) is 9.19. The molecule has 2 heterocycles. The summed E-state index contributed by atoms with van der Waals surface area (Å²) in [6.45, 7) is 1.67. The van der Waals surface area contributed by atoms with Gasteiger partial charge in [-0.2, -0.15) is 0 Å². The number of carbonyl (C=O) groups is 1. The number of likely N-dealkylation sites (tertiary alicyclic amines) is 1. The van der Waals surface area contributed by atoms with Gasteiger partial charge in [0.2, 0.25) is 5.91 Å². The number of nitrogens with zero attached hydrogens (tertiary/aromatic N) is 2. The van der Waals surface area contributed by atoms with Gasteiger partial charge >= 0.3 is 0 Å². The molecule has 1 amide bonds. The predicted octanol–water partition coefficient (Wildman–Crippen LogP) is 2.10. The van der Waals surface area contributed by atoms with Crippen LogP contribution in [0.1, 0.15) is 24.8 Å². The van der Waals surface area contributed by atoms with Gasteiger partial charge in [-0.25, -0.2) is 12.8 Å². The van der Waals surface area contributed by atoms with E-state index in [0.717, 1.165) is 17.7 Å². The highest BCUT2D eigenvalue weighted by Crippen LogP contribution is 2.49. The lowest BCUT2D eigenvalue weighted by atomic mass is 9.72. The van der Waals surface area contributed by atoms with Crippen LogP contribution in [-0.4, -0.2) is 49.6 Å². The molecule has 6 nitrogen and oxygen atoms in total. The summed E-state index contributed by atoms with van der Waals surface area (Å²) < 4.78 is 41.1. The van der Waals surface area contributed by atoms with Gasteiger partial charge in [-0.3, -0.25) is 9.10 Å². The zero-order valence-electron chi connectivity index (χ0n) is 15.3. The van der Waals surface area contributed by atoms with Gasteiger partial charge < -0.3 is 10.0 Å². The number of amides is 1. The van der Waals surface area contributed by atoms with Gasteiger partial charge in [0.05, 0.1) is 35.8 Å². The first-order chi connectivity index (χ1) is 13.4. The molecule has 4 rings (SSSR count). The van der Waals surface area contributed by atoms with Gasteiger partial charge in [-0.15, -0.1) is 0 Å². The minimum absolute atomic E-state index is 0.00597. The van der Waals surface area contributed by atoms with E-state index < -0.39 is 15.8 Å².